The van der Waals surface area contributed by atoms with E-state index in [1.807, 2.05) is 109 Å². The van der Waals surface area contributed by atoms with Crippen molar-refractivity contribution in [2.75, 3.05) is 0 Å². The summed E-state index contributed by atoms with van der Waals surface area (Å²) in [5.74, 6) is 2.25. The molecule has 6 heteroatoms. The molecule has 5 aromatic rings. The Bertz CT molecular complexity index is 1310. The third kappa shape index (κ3) is 4.66. The van der Waals surface area contributed by atoms with Crippen LogP contribution in [0.5, 0.6) is 5.75 Å². The predicted molar refractivity (Wildman–Crippen MR) is 132 cm³/mol. The van der Waals surface area contributed by atoms with Gasteiger partial charge in [-0.1, -0.05) is 91.0 Å². The molecule has 0 saturated heterocycles. The Kier molecular flexibility index (Phi) is 5.91. The molecule has 4 aromatic carbocycles. The van der Waals surface area contributed by atoms with E-state index in [9.17, 15) is 5.02 Å². The Morgan fingerprint density at radius 1 is 0.485 bits per heavy atom. The van der Waals surface area contributed by atoms with Crippen molar-refractivity contribution in [3.8, 4) is 51.0 Å². The number of benzene rings is 4. The molecule has 0 amide bonds. The summed E-state index contributed by atoms with van der Waals surface area (Å²) in [5.41, 5.74) is 4.56. The smallest absolute Gasteiger partial charge is 0.504 e. The van der Waals surface area contributed by atoms with Crippen molar-refractivity contribution in [1.29, 1.82) is 0 Å². The molecule has 1 heterocycles. The first-order chi connectivity index (χ1) is 16.3. The van der Waals surface area contributed by atoms with E-state index in [0.29, 0.717) is 23.2 Å². The molecule has 0 aliphatic heterocycles. The lowest BCUT2D eigenvalue weighted by atomic mass is 10.0. The third-order valence-corrected chi connectivity index (χ3v) is 5.20. The van der Waals surface area contributed by atoms with E-state index in [1.165, 1.54) is 0 Å². The largest absolute Gasteiger partial charge is 0.539 e. The van der Waals surface area contributed by atoms with Crippen LogP contribution in [0.2, 0.25) is 0 Å². The van der Waals surface area contributed by atoms with Gasteiger partial charge in [0.2, 0.25) is 0 Å². The van der Waals surface area contributed by atoms with Gasteiger partial charge >= 0.3 is 7.69 Å². The van der Waals surface area contributed by atoms with Gasteiger partial charge in [0, 0.05) is 16.7 Å². The number of aromatic nitrogens is 3. The van der Waals surface area contributed by atoms with Crippen molar-refractivity contribution < 1.29 is 9.68 Å². The van der Waals surface area contributed by atoms with Gasteiger partial charge in [0.25, 0.3) is 0 Å². The fourth-order valence-corrected chi connectivity index (χ4v) is 3.62. The van der Waals surface area contributed by atoms with Gasteiger partial charge < -0.3 is 9.68 Å². The minimum Gasteiger partial charge on any atom is -0.539 e. The van der Waals surface area contributed by atoms with Crippen LogP contribution in [0.4, 0.5) is 0 Å². The van der Waals surface area contributed by atoms with Gasteiger partial charge in [0.15, 0.2) is 17.5 Å². The highest BCUT2D eigenvalue weighted by Gasteiger charge is 2.14. The summed E-state index contributed by atoms with van der Waals surface area (Å²) in [5, 5.41) is 9.36. The maximum absolute atomic E-state index is 9.36. The van der Waals surface area contributed by atoms with Crippen LogP contribution in [-0.4, -0.2) is 27.7 Å². The van der Waals surface area contributed by atoms with E-state index in [-0.39, 0.29) is 0 Å². The van der Waals surface area contributed by atoms with Crippen LogP contribution in [0.1, 0.15) is 0 Å². The summed E-state index contributed by atoms with van der Waals surface area (Å²) in [4.78, 5) is 14.3. The van der Waals surface area contributed by atoms with E-state index in [1.54, 1.807) is 0 Å². The van der Waals surface area contributed by atoms with Crippen molar-refractivity contribution in [1.82, 2.24) is 15.0 Å². The molecule has 0 bridgehead atoms. The molecular weight excluding hydrogens is 409 g/mol. The Balaban J connectivity index is 1.70. The minimum absolute atomic E-state index is 0.417. The molecule has 0 radical (unpaired) electrons. The topological polar surface area (TPSA) is 68.1 Å². The zero-order chi connectivity index (χ0) is 22.5. The summed E-state index contributed by atoms with van der Waals surface area (Å²) in [7, 11) is -0.417. The normalized spacial score (nSPS) is 10.6. The van der Waals surface area contributed by atoms with E-state index in [0.717, 1.165) is 27.8 Å². The molecule has 0 unspecified atom stereocenters. The fraction of sp³-hybridized carbons (Fsp3) is 0. The Labute approximate surface area is 192 Å². The van der Waals surface area contributed by atoms with Crippen LogP contribution >= 0.6 is 0 Å². The van der Waals surface area contributed by atoms with Gasteiger partial charge in [0.1, 0.15) is 5.75 Å². The van der Waals surface area contributed by atoms with Crippen LogP contribution < -0.4 is 4.65 Å². The summed E-state index contributed by atoms with van der Waals surface area (Å²) in [6.45, 7) is 0. The first-order valence-corrected chi connectivity index (χ1v) is 10.6. The van der Waals surface area contributed by atoms with Crippen LogP contribution in [-0.2, 0) is 0 Å². The van der Waals surface area contributed by atoms with Crippen LogP contribution in [0.3, 0.4) is 0 Å². The first-order valence-electron chi connectivity index (χ1n) is 10.6. The molecule has 5 rings (SSSR count). The lowest BCUT2D eigenvalue weighted by molar-refractivity contribution is 0.454. The van der Waals surface area contributed by atoms with Crippen molar-refractivity contribution in [2.24, 2.45) is 0 Å². The molecule has 0 saturated carbocycles. The summed E-state index contributed by atoms with van der Waals surface area (Å²) in [6.07, 6.45) is 0. The van der Waals surface area contributed by atoms with Crippen LogP contribution in [0, 0.1) is 0 Å². The number of nitrogens with zero attached hydrogens (tertiary/aromatic N) is 3. The van der Waals surface area contributed by atoms with E-state index >= 15 is 0 Å². The van der Waals surface area contributed by atoms with Crippen molar-refractivity contribution >= 4 is 7.69 Å². The Morgan fingerprint density at radius 3 is 1.39 bits per heavy atom. The first kappa shape index (κ1) is 20.6. The lowest BCUT2D eigenvalue weighted by Crippen LogP contribution is -2.02. The highest BCUT2D eigenvalue weighted by atomic mass is 16.5. The second kappa shape index (κ2) is 9.46. The van der Waals surface area contributed by atoms with Crippen molar-refractivity contribution in [2.45, 2.75) is 0 Å². The summed E-state index contributed by atoms with van der Waals surface area (Å²) in [6, 6.07) is 35.5. The molecule has 33 heavy (non-hydrogen) atoms. The van der Waals surface area contributed by atoms with Crippen molar-refractivity contribution in [3.63, 3.8) is 0 Å². The van der Waals surface area contributed by atoms with Gasteiger partial charge in [0.05, 0.1) is 0 Å². The quantitative estimate of drug-likeness (QED) is 0.377. The zero-order valence-electron chi connectivity index (χ0n) is 17.8. The van der Waals surface area contributed by atoms with Gasteiger partial charge in [-0.05, 0) is 29.3 Å². The molecule has 0 fully saturated rings. The predicted octanol–water partition coefficient (Wildman–Crippen LogP) is 5.18. The number of hydrogen-bond donors (Lipinski definition) is 1. The van der Waals surface area contributed by atoms with Crippen LogP contribution in [0.25, 0.3) is 45.3 Å². The summed E-state index contributed by atoms with van der Waals surface area (Å²) < 4.78 is 5.44. The highest BCUT2D eigenvalue weighted by molar-refractivity contribution is 6.17. The summed E-state index contributed by atoms with van der Waals surface area (Å²) >= 11 is 0. The maximum atomic E-state index is 9.36. The Hall–Kier alpha value is -4.29. The number of hydrogen-bond acceptors (Lipinski definition) is 5. The minimum atomic E-state index is -0.417. The lowest BCUT2D eigenvalue weighted by Gasteiger charge is -2.12. The molecule has 1 N–H and O–H groups in total. The van der Waals surface area contributed by atoms with E-state index in [4.69, 9.17) is 19.6 Å². The molecule has 0 spiro atoms. The van der Waals surface area contributed by atoms with Crippen LogP contribution in [0.15, 0.2) is 109 Å². The molecule has 0 atom stereocenters. The number of rotatable bonds is 6. The standard InChI is InChI=1S/C27H20BN3O2/c32-28-33-24-17-22(19-10-4-1-5-11-19)16-23(18-24)27-30-25(20-12-6-2-7-13-20)29-26(31-27)21-14-8-3-9-15-21/h1-18,28,32H. The van der Waals surface area contributed by atoms with Gasteiger partial charge in [-0.3, -0.25) is 0 Å². The average molecular weight is 429 g/mol. The van der Waals surface area contributed by atoms with E-state index < -0.39 is 7.69 Å². The molecule has 5 nitrogen and oxygen atoms in total. The fourth-order valence-electron chi connectivity index (χ4n) is 3.62. The SMILES string of the molecule is OBOc1cc(-c2ccccc2)cc(-c2nc(-c3ccccc3)nc(-c3ccccc3)n2)c1. The average Bonchev–Trinajstić information content (AvgIpc) is 2.90. The second-order valence-electron chi connectivity index (χ2n) is 7.42. The van der Waals surface area contributed by atoms with Gasteiger partial charge in [-0.15, -0.1) is 0 Å². The van der Waals surface area contributed by atoms with Crippen molar-refractivity contribution in [3.05, 3.63) is 109 Å². The molecule has 0 aliphatic rings. The molecular formula is C27H20BN3O2. The molecule has 158 valence electrons. The van der Waals surface area contributed by atoms with Gasteiger partial charge in [-0.25, -0.2) is 15.0 Å². The zero-order valence-corrected chi connectivity index (χ0v) is 17.8. The molecule has 0 aliphatic carbocycles. The third-order valence-electron chi connectivity index (χ3n) is 5.20. The highest BCUT2D eigenvalue weighted by Crippen LogP contribution is 2.32. The second-order valence-corrected chi connectivity index (χ2v) is 7.42. The monoisotopic (exact) mass is 429 g/mol. The van der Waals surface area contributed by atoms with Gasteiger partial charge in [-0.2, -0.15) is 0 Å². The maximum Gasteiger partial charge on any atom is 0.504 e. The Morgan fingerprint density at radius 2 is 0.909 bits per heavy atom. The molecule has 1 aromatic heterocycles. The van der Waals surface area contributed by atoms with E-state index in [2.05, 4.69) is 0 Å².